The summed E-state index contributed by atoms with van der Waals surface area (Å²) in [6.07, 6.45) is 0. The van der Waals surface area contributed by atoms with E-state index >= 15 is 0 Å². The van der Waals surface area contributed by atoms with Crippen LogP contribution in [0, 0.1) is 13.8 Å². The number of anilines is 2. The van der Waals surface area contributed by atoms with Gasteiger partial charge in [0, 0.05) is 25.3 Å². The molecular weight excluding hydrogens is 450 g/mol. The smallest absolute Gasteiger partial charge is 0.253 e. The third-order valence-electron chi connectivity index (χ3n) is 6.03. The fourth-order valence-electron chi connectivity index (χ4n) is 3.81. The highest BCUT2D eigenvalue weighted by Crippen LogP contribution is 2.25. The second-order valence-corrected chi connectivity index (χ2v) is 10.2. The zero-order valence-corrected chi connectivity index (χ0v) is 20.2. The Morgan fingerprint density at radius 3 is 2.32 bits per heavy atom. The molecule has 1 saturated heterocycles. The Bertz CT molecular complexity index is 1270. The standard InChI is InChI=1S/C26H29N3O4S/c1-19-6-5-9-24(20(19)2)28-25-8-4-3-7-23(25)26(30)27-18-21-10-12-22(13-11-21)34(31,32)29-14-16-33-17-15-29/h3-13,28H,14-18H2,1-2H3,(H,27,30). The van der Waals surface area contributed by atoms with Crippen LogP contribution in [0.5, 0.6) is 0 Å². The Kier molecular flexibility index (Phi) is 7.31. The van der Waals surface area contributed by atoms with Crippen molar-refractivity contribution in [3.63, 3.8) is 0 Å². The lowest BCUT2D eigenvalue weighted by atomic mass is 10.1. The lowest BCUT2D eigenvalue weighted by Gasteiger charge is -2.26. The third-order valence-corrected chi connectivity index (χ3v) is 7.94. The second kappa shape index (κ2) is 10.4. The van der Waals surface area contributed by atoms with Crippen molar-refractivity contribution in [1.29, 1.82) is 0 Å². The summed E-state index contributed by atoms with van der Waals surface area (Å²) in [6.45, 7) is 5.91. The van der Waals surface area contributed by atoms with Gasteiger partial charge in [0.05, 0.1) is 29.4 Å². The Morgan fingerprint density at radius 2 is 1.59 bits per heavy atom. The van der Waals surface area contributed by atoms with Gasteiger partial charge in [0.2, 0.25) is 10.0 Å². The maximum Gasteiger partial charge on any atom is 0.253 e. The molecule has 0 radical (unpaired) electrons. The number of amides is 1. The number of rotatable bonds is 7. The molecule has 1 fully saturated rings. The lowest BCUT2D eigenvalue weighted by Crippen LogP contribution is -2.40. The second-order valence-electron chi connectivity index (χ2n) is 8.26. The predicted molar refractivity (Wildman–Crippen MR) is 133 cm³/mol. The van der Waals surface area contributed by atoms with Crippen LogP contribution >= 0.6 is 0 Å². The predicted octanol–water partition coefficient (Wildman–Crippen LogP) is 4.00. The van der Waals surface area contributed by atoms with Gasteiger partial charge in [-0.25, -0.2) is 8.42 Å². The fourth-order valence-corrected chi connectivity index (χ4v) is 5.22. The topological polar surface area (TPSA) is 87.7 Å². The van der Waals surface area contributed by atoms with Crippen molar-refractivity contribution in [1.82, 2.24) is 9.62 Å². The molecule has 0 spiro atoms. The normalized spacial score (nSPS) is 14.5. The summed E-state index contributed by atoms with van der Waals surface area (Å²) in [5, 5.41) is 6.31. The van der Waals surface area contributed by atoms with Crippen LogP contribution in [0.15, 0.2) is 71.6 Å². The van der Waals surface area contributed by atoms with Gasteiger partial charge in [-0.15, -0.1) is 0 Å². The molecule has 8 heteroatoms. The Balaban J connectivity index is 1.43. The number of morpholine rings is 1. The number of benzene rings is 3. The van der Waals surface area contributed by atoms with Gasteiger partial charge >= 0.3 is 0 Å². The monoisotopic (exact) mass is 479 g/mol. The van der Waals surface area contributed by atoms with Crippen LogP contribution < -0.4 is 10.6 Å². The molecule has 178 valence electrons. The van der Waals surface area contributed by atoms with E-state index in [0.717, 1.165) is 22.5 Å². The molecule has 0 unspecified atom stereocenters. The summed E-state index contributed by atoms with van der Waals surface area (Å²) in [7, 11) is -3.54. The van der Waals surface area contributed by atoms with Crippen LogP contribution in [0.4, 0.5) is 11.4 Å². The van der Waals surface area contributed by atoms with E-state index in [2.05, 4.69) is 23.6 Å². The first-order chi connectivity index (χ1) is 16.4. The molecule has 2 N–H and O–H groups in total. The van der Waals surface area contributed by atoms with E-state index < -0.39 is 10.0 Å². The van der Waals surface area contributed by atoms with Crippen molar-refractivity contribution in [3.8, 4) is 0 Å². The number of aryl methyl sites for hydroxylation is 1. The van der Waals surface area contributed by atoms with Crippen molar-refractivity contribution in [3.05, 3.63) is 89.0 Å². The molecule has 1 heterocycles. The molecule has 3 aromatic carbocycles. The summed E-state index contributed by atoms with van der Waals surface area (Å²) in [5.74, 6) is -0.210. The maximum absolute atomic E-state index is 12.9. The Morgan fingerprint density at radius 1 is 0.912 bits per heavy atom. The van der Waals surface area contributed by atoms with Crippen LogP contribution in [0.25, 0.3) is 0 Å². The van der Waals surface area contributed by atoms with Crippen LogP contribution in [-0.4, -0.2) is 44.9 Å². The SMILES string of the molecule is Cc1cccc(Nc2ccccc2C(=O)NCc2ccc(S(=O)(=O)N3CCOCC3)cc2)c1C. The van der Waals surface area contributed by atoms with Crippen LogP contribution in [-0.2, 0) is 21.3 Å². The average Bonchev–Trinajstić information content (AvgIpc) is 2.86. The zero-order valence-electron chi connectivity index (χ0n) is 19.4. The minimum Gasteiger partial charge on any atom is -0.379 e. The number of sulfonamides is 1. The van der Waals surface area contributed by atoms with Crippen molar-refractivity contribution in [2.45, 2.75) is 25.3 Å². The first kappa shape index (κ1) is 23.9. The van der Waals surface area contributed by atoms with Gasteiger partial charge in [0.15, 0.2) is 0 Å². The minimum atomic E-state index is -3.54. The largest absolute Gasteiger partial charge is 0.379 e. The molecule has 7 nitrogen and oxygen atoms in total. The van der Waals surface area contributed by atoms with Crippen LogP contribution in [0.1, 0.15) is 27.0 Å². The van der Waals surface area contributed by atoms with Gasteiger partial charge in [0.1, 0.15) is 0 Å². The van der Waals surface area contributed by atoms with Gasteiger partial charge in [-0.3, -0.25) is 4.79 Å². The molecule has 34 heavy (non-hydrogen) atoms. The van der Waals surface area contributed by atoms with E-state index in [1.165, 1.54) is 9.87 Å². The van der Waals surface area contributed by atoms with Crippen molar-refractivity contribution in [2.24, 2.45) is 0 Å². The fraction of sp³-hybridized carbons (Fsp3) is 0.269. The number of carbonyl (C=O) groups is 1. The Labute approximate surface area is 200 Å². The molecule has 1 amide bonds. The van der Waals surface area contributed by atoms with Gasteiger partial charge in [-0.1, -0.05) is 36.4 Å². The number of hydrogen-bond acceptors (Lipinski definition) is 5. The molecule has 1 aliphatic rings. The molecule has 0 aromatic heterocycles. The highest BCUT2D eigenvalue weighted by molar-refractivity contribution is 7.89. The molecule has 0 aliphatic carbocycles. The summed E-state index contributed by atoms with van der Waals surface area (Å²) >= 11 is 0. The highest BCUT2D eigenvalue weighted by atomic mass is 32.2. The van der Waals surface area contributed by atoms with Gasteiger partial charge in [-0.05, 0) is 60.9 Å². The number of ether oxygens (including phenoxy) is 1. The van der Waals surface area contributed by atoms with E-state index in [9.17, 15) is 13.2 Å². The molecule has 0 saturated carbocycles. The quantitative estimate of drug-likeness (QED) is 0.535. The molecule has 1 aliphatic heterocycles. The number of nitrogens with zero attached hydrogens (tertiary/aromatic N) is 1. The number of hydrogen-bond donors (Lipinski definition) is 2. The summed E-state index contributed by atoms with van der Waals surface area (Å²) in [6, 6.07) is 20.0. The third kappa shape index (κ3) is 5.30. The molecule has 4 rings (SSSR count). The lowest BCUT2D eigenvalue weighted by molar-refractivity contribution is 0.0730. The van der Waals surface area contributed by atoms with Crippen molar-refractivity contribution >= 4 is 27.3 Å². The summed E-state index contributed by atoms with van der Waals surface area (Å²) in [5.41, 5.74) is 5.33. The Hall–Kier alpha value is -3.20. The maximum atomic E-state index is 12.9. The summed E-state index contributed by atoms with van der Waals surface area (Å²) < 4.78 is 32.2. The van der Waals surface area contributed by atoms with E-state index in [4.69, 9.17) is 4.74 Å². The highest BCUT2D eigenvalue weighted by Gasteiger charge is 2.26. The minimum absolute atomic E-state index is 0.210. The van der Waals surface area contributed by atoms with E-state index in [0.29, 0.717) is 31.9 Å². The van der Waals surface area contributed by atoms with Crippen molar-refractivity contribution < 1.29 is 17.9 Å². The van der Waals surface area contributed by atoms with Gasteiger partial charge < -0.3 is 15.4 Å². The van der Waals surface area contributed by atoms with Crippen molar-refractivity contribution in [2.75, 3.05) is 31.6 Å². The average molecular weight is 480 g/mol. The first-order valence-corrected chi connectivity index (χ1v) is 12.7. The number of nitrogens with one attached hydrogen (secondary N) is 2. The van der Waals surface area contributed by atoms with Crippen LogP contribution in [0.2, 0.25) is 0 Å². The van der Waals surface area contributed by atoms with E-state index in [1.807, 2.05) is 37.3 Å². The molecule has 0 bridgehead atoms. The van der Waals surface area contributed by atoms with Crippen LogP contribution in [0.3, 0.4) is 0 Å². The first-order valence-electron chi connectivity index (χ1n) is 11.2. The van der Waals surface area contributed by atoms with Gasteiger partial charge in [-0.2, -0.15) is 4.31 Å². The number of para-hydroxylation sites is 1. The molecular formula is C26H29N3O4S. The number of carbonyl (C=O) groups excluding carboxylic acids is 1. The van der Waals surface area contributed by atoms with E-state index in [1.54, 1.807) is 30.3 Å². The molecule has 3 aromatic rings. The molecule has 0 atom stereocenters. The summed E-state index contributed by atoms with van der Waals surface area (Å²) in [4.78, 5) is 13.2. The van der Waals surface area contributed by atoms with Gasteiger partial charge in [0.25, 0.3) is 5.91 Å². The zero-order chi connectivity index (χ0) is 24.1. The van der Waals surface area contributed by atoms with E-state index in [-0.39, 0.29) is 17.3 Å².